The Morgan fingerprint density at radius 3 is 2.56 bits per heavy atom. The molecule has 1 heterocycles. The van der Waals surface area contributed by atoms with Crippen LogP contribution in [0.5, 0.6) is 5.75 Å². The zero-order chi connectivity index (χ0) is 22.1. The molecule has 32 heavy (non-hydrogen) atoms. The number of amides is 2. The van der Waals surface area contributed by atoms with Crippen molar-refractivity contribution in [3.63, 3.8) is 0 Å². The summed E-state index contributed by atoms with van der Waals surface area (Å²) in [5.74, 6) is 0.968. The molecule has 1 fully saturated rings. The molecular weight excluding hydrogens is 524 g/mol. The van der Waals surface area contributed by atoms with Gasteiger partial charge in [-0.2, -0.15) is 0 Å². The molecule has 3 N–H and O–H groups in total. The van der Waals surface area contributed by atoms with Gasteiger partial charge in [-0.15, -0.1) is 24.0 Å². The highest BCUT2D eigenvalue weighted by molar-refractivity contribution is 14.0. The van der Waals surface area contributed by atoms with Gasteiger partial charge in [0, 0.05) is 32.4 Å². The number of hydrogen-bond donors (Lipinski definition) is 3. The molecule has 1 saturated heterocycles. The molecule has 0 spiro atoms. The third-order valence-corrected chi connectivity index (χ3v) is 4.96. The highest BCUT2D eigenvalue weighted by Gasteiger charge is 2.17. The molecule has 174 valence electrons. The number of rotatable bonds is 7. The molecule has 1 aliphatic rings. The molecule has 1 atom stereocenters. The summed E-state index contributed by atoms with van der Waals surface area (Å²) in [6, 6.07) is 13.7. The standard InChI is InChI=1S/C23H30FN5O2.HI/c1-17(31-21-10-8-19(24)9-11-21)15-26-22(25-2)27-16-18-6-5-7-20(14-18)28-23(30)29-12-3-4-13-29;/h5-11,14,17H,3-4,12-13,15-16H2,1-2H3,(H,28,30)(H2,25,26,27);1H. The van der Waals surface area contributed by atoms with E-state index in [1.807, 2.05) is 36.1 Å². The minimum absolute atomic E-state index is 0. The maximum Gasteiger partial charge on any atom is 0.321 e. The van der Waals surface area contributed by atoms with Crippen LogP contribution in [-0.2, 0) is 6.54 Å². The van der Waals surface area contributed by atoms with E-state index in [0.717, 1.165) is 37.2 Å². The van der Waals surface area contributed by atoms with Gasteiger partial charge < -0.3 is 25.6 Å². The van der Waals surface area contributed by atoms with Crippen molar-refractivity contribution >= 4 is 41.7 Å². The van der Waals surface area contributed by atoms with Crippen LogP contribution in [0.4, 0.5) is 14.9 Å². The Morgan fingerprint density at radius 1 is 1.16 bits per heavy atom. The van der Waals surface area contributed by atoms with Crippen LogP contribution in [0.25, 0.3) is 0 Å². The van der Waals surface area contributed by atoms with Gasteiger partial charge in [0.05, 0.1) is 6.54 Å². The molecule has 0 aliphatic carbocycles. The van der Waals surface area contributed by atoms with Crippen molar-refractivity contribution in [1.82, 2.24) is 15.5 Å². The van der Waals surface area contributed by atoms with Gasteiger partial charge in [-0.25, -0.2) is 9.18 Å². The van der Waals surface area contributed by atoms with Gasteiger partial charge in [-0.05, 0) is 61.7 Å². The molecule has 7 nitrogen and oxygen atoms in total. The van der Waals surface area contributed by atoms with Crippen LogP contribution in [0.3, 0.4) is 0 Å². The number of carbonyl (C=O) groups is 1. The van der Waals surface area contributed by atoms with Crippen LogP contribution < -0.4 is 20.7 Å². The molecule has 0 bridgehead atoms. The number of ether oxygens (including phenoxy) is 1. The lowest BCUT2D eigenvalue weighted by atomic mass is 10.2. The van der Waals surface area contributed by atoms with Gasteiger partial charge >= 0.3 is 6.03 Å². The molecule has 2 aromatic rings. The fraction of sp³-hybridized carbons (Fsp3) is 0.391. The zero-order valence-corrected chi connectivity index (χ0v) is 20.8. The lowest BCUT2D eigenvalue weighted by molar-refractivity contribution is 0.222. The number of aliphatic imine (C=N–C) groups is 1. The SMILES string of the molecule is CN=C(NCc1cccc(NC(=O)N2CCCC2)c1)NCC(C)Oc1ccc(F)cc1.I. The second-order valence-electron chi connectivity index (χ2n) is 7.51. The number of guanidine groups is 1. The van der Waals surface area contributed by atoms with Crippen molar-refractivity contribution < 1.29 is 13.9 Å². The number of carbonyl (C=O) groups excluding carboxylic acids is 1. The lowest BCUT2D eigenvalue weighted by Crippen LogP contribution is -2.41. The first-order valence-electron chi connectivity index (χ1n) is 10.5. The quantitative estimate of drug-likeness (QED) is 0.272. The van der Waals surface area contributed by atoms with E-state index >= 15 is 0 Å². The van der Waals surface area contributed by atoms with Crippen LogP contribution in [0.15, 0.2) is 53.5 Å². The number of hydrogen-bond acceptors (Lipinski definition) is 3. The second kappa shape index (κ2) is 13.1. The molecule has 0 radical (unpaired) electrons. The average molecular weight is 555 g/mol. The fourth-order valence-corrected chi connectivity index (χ4v) is 3.32. The second-order valence-corrected chi connectivity index (χ2v) is 7.51. The van der Waals surface area contributed by atoms with Crippen molar-refractivity contribution in [3.05, 3.63) is 59.9 Å². The van der Waals surface area contributed by atoms with Crippen molar-refractivity contribution in [2.45, 2.75) is 32.4 Å². The Kier molecular flexibility index (Phi) is 10.5. The topological polar surface area (TPSA) is 78.0 Å². The first-order valence-corrected chi connectivity index (χ1v) is 10.5. The Hall–Kier alpha value is -2.56. The highest BCUT2D eigenvalue weighted by Crippen LogP contribution is 2.14. The maximum absolute atomic E-state index is 13.0. The summed E-state index contributed by atoms with van der Waals surface area (Å²) in [6.45, 7) is 4.65. The van der Waals surface area contributed by atoms with Crippen LogP contribution in [0, 0.1) is 5.82 Å². The predicted octanol–water partition coefficient (Wildman–Crippen LogP) is 4.20. The fourth-order valence-electron chi connectivity index (χ4n) is 3.32. The summed E-state index contributed by atoms with van der Waals surface area (Å²) in [6.07, 6.45) is 2.00. The minimum Gasteiger partial charge on any atom is -0.489 e. The number of benzene rings is 2. The third-order valence-electron chi connectivity index (χ3n) is 4.96. The minimum atomic E-state index is -0.289. The predicted molar refractivity (Wildman–Crippen MR) is 136 cm³/mol. The Balaban J connectivity index is 0.00000363. The molecule has 1 unspecified atom stereocenters. The molecule has 9 heteroatoms. The lowest BCUT2D eigenvalue weighted by Gasteiger charge is -2.18. The van der Waals surface area contributed by atoms with Crippen LogP contribution >= 0.6 is 24.0 Å². The molecule has 3 rings (SSSR count). The Morgan fingerprint density at radius 2 is 1.88 bits per heavy atom. The number of nitrogens with one attached hydrogen (secondary N) is 3. The number of anilines is 1. The van der Waals surface area contributed by atoms with Crippen molar-refractivity contribution in [1.29, 1.82) is 0 Å². The Labute approximate surface area is 205 Å². The maximum atomic E-state index is 13.0. The molecule has 0 saturated carbocycles. The smallest absolute Gasteiger partial charge is 0.321 e. The van der Waals surface area contributed by atoms with E-state index in [1.54, 1.807) is 19.2 Å². The van der Waals surface area contributed by atoms with E-state index < -0.39 is 0 Å². The van der Waals surface area contributed by atoms with Crippen molar-refractivity contribution in [2.24, 2.45) is 4.99 Å². The van der Waals surface area contributed by atoms with Crippen LogP contribution in [-0.4, -0.2) is 49.7 Å². The number of halogens is 2. The summed E-state index contributed by atoms with van der Waals surface area (Å²) in [5, 5.41) is 9.44. The van der Waals surface area contributed by atoms with E-state index in [1.165, 1.54) is 12.1 Å². The summed E-state index contributed by atoms with van der Waals surface area (Å²) < 4.78 is 18.8. The molecule has 0 aromatic heterocycles. The first-order chi connectivity index (χ1) is 15.0. The van der Waals surface area contributed by atoms with E-state index in [4.69, 9.17) is 4.74 Å². The number of nitrogens with zero attached hydrogens (tertiary/aromatic N) is 2. The summed E-state index contributed by atoms with van der Waals surface area (Å²) >= 11 is 0. The van der Waals surface area contributed by atoms with E-state index in [2.05, 4.69) is 20.9 Å². The molecule has 2 amide bonds. The highest BCUT2D eigenvalue weighted by atomic mass is 127. The zero-order valence-electron chi connectivity index (χ0n) is 18.4. The summed E-state index contributed by atoms with van der Waals surface area (Å²) in [7, 11) is 1.70. The molecule has 2 aromatic carbocycles. The van der Waals surface area contributed by atoms with E-state index in [0.29, 0.717) is 24.8 Å². The summed E-state index contributed by atoms with van der Waals surface area (Å²) in [4.78, 5) is 18.3. The largest absolute Gasteiger partial charge is 0.489 e. The van der Waals surface area contributed by atoms with Crippen molar-refractivity contribution in [3.8, 4) is 5.75 Å². The van der Waals surface area contributed by atoms with Gasteiger partial charge in [0.25, 0.3) is 0 Å². The van der Waals surface area contributed by atoms with Crippen LogP contribution in [0.2, 0.25) is 0 Å². The number of urea groups is 1. The first kappa shape index (κ1) is 25.7. The van der Waals surface area contributed by atoms with Gasteiger partial charge in [0.1, 0.15) is 17.7 Å². The normalized spacial score (nSPS) is 14.3. The van der Waals surface area contributed by atoms with Gasteiger partial charge in [0.2, 0.25) is 0 Å². The molecule has 1 aliphatic heterocycles. The van der Waals surface area contributed by atoms with Crippen LogP contribution in [0.1, 0.15) is 25.3 Å². The van der Waals surface area contributed by atoms with E-state index in [-0.39, 0.29) is 41.9 Å². The van der Waals surface area contributed by atoms with Crippen molar-refractivity contribution in [2.75, 3.05) is 32.0 Å². The third kappa shape index (κ3) is 8.18. The average Bonchev–Trinajstić information content (AvgIpc) is 3.31. The Bertz CT molecular complexity index is 888. The van der Waals surface area contributed by atoms with E-state index in [9.17, 15) is 9.18 Å². The van der Waals surface area contributed by atoms with Gasteiger partial charge in [-0.3, -0.25) is 4.99 Å². The summed E-state index contributed by atoms with van der Waals surface area (Å²) in [5.41, 5.74) is 1.80. The monoisotopic (exact) mass is 555 g/mol. The van der Waals surface area contributed by atoms with Gasteiger partial charge in [-0.1, -0.05) is 12.1 Å². The number of likely N-dealkylation sites (tertiary alicyclic amines) is 1. The van der Waals surface area contributed by atoms with Gasteiger partial charge in [0.15, 0.2) is 5.96 Å². The molecular formula is C23H31FIN5O2.